The van der Waals surface area contributed by atoms with Crippen LogP contribution in [0.15, 0.2) is 0 Å². The van der Waals surface area contributed by atoms with Crippen molar-refractivity contribution in [3.05, 3.63) is 0 Å². The van der Waals surface area contributed by atoms with Crippen LogP contribution in [0.25, 0.3) is 0 Å². The van der Waals surface area contributed by atoms with E-state index in [-0.39, 0.29) is 0 Å². The molecule has 0 radical (unpaired) electrons. The van der Waals surface area contributed by atoms with Crippen molar-refractivity contribution < 1.29 is 0 Å². The van der Waals surface area contributed by atoms with Gasteiger partial charge in [0, 0.05) is 18.0 Å². The van der Waals surface area contributed by atoms with E-state index in [0.717, 1.165) is 12.6 Å². The number of alkyl halides is 1. The lowest BCUT2D eigenvalue weighted by Crippen LogP contribution is -2.41. The quantitative estimate of drug-likeness (QED) is 0.705. The molecule has 0 bridgehead atoms. The predicted octanol–water partition coefficient (Wildman–Crippen LogP) is 2.56. The molecule has 0 saturated carbocycles. The van der Waals surface area contributed by atoms with E-state index < -0.39 is 0 Å². The molecule has 2 nitrogen and oxygen atoms in total. The molecule has 0 aromatic heterocycles. The van der Waals surface area contributed by atoms with Crippen molar-refractivity contribution in [3.63, 3.8) is 0 Å². The number of piperidine rings is 2. The molecule has 0 spiro atoms. The number of hydrogen-bond donors (Lipinski definition) is 0. The molecule has 0 aromatic carbocycles. The van der Waals surface area contributed by atoms with Gasteiger partial charge in [0.2, 0.25) is 0 Å². The zero-order valence-electron chi connectivity index (χ0n) is 10.5. The summed E-state index contributed by atoms with van der Waals surface area (Å²) in [6.45, 7) is 4.92. The lowest BCUT2D eigenvalue weighted by molar-refractivity contribution is 0.146. The summed E-state index contributed by atoms with van der Waals surface area (Å²) in [5, 5.41) is 0.401. The first-order valence-corrected chi connectivity index (χ1v) is 7.26. The number of rotatable bonds is 3. The zero-order valence-corrected chi connectivity index (χ0v) is 11.3. The third-order valence-corrected chi connectivity index (χ3v) is 4.50. The van der Waals surface area contributed by atoms with Crippen LogP contribution in [0.1, 0.15) is 38.5 Å². The Morgan fingerprint density at radius 1 is 1.12 bits per heavy atom. The van der Waals surface area contributed by atoms with Crippen LogP contribution in [0, 0.1) is 0 Å². The van der Waals surface area contributed by atoms with Gasteiger partial charge >= 0.3 is 0 Å². The van der Waals surface area contributed by atoms with Gasteiger partial charge in [-0.1, -0.05) is 6.42 Å². The third-order valence-electron chi connectivity index (χ3n) is 4.15. The smallest absolute Gasteiger partial charge is 0.0463 e. The molecule has 2 aliphatic heterocycles. The average molecular weight is 245 g/mol. The first kappa shape index (κ1) is 12.7. The van der Waals surface area contributed by atoms with Crippen LogP contribution < -0.4 is 0 Å². The van der Waals surface area contributed by atoms with Crippen LogP contribution in [0.2, 0.25) is 0 Å². The third kappa shape index (κ3) is 3.61. The van der Waals surface area contributed by atoms with Gasteiger partial charge in [0.1, 0.15) is 0 Å². The van der Waals surface area contributed by atoms with E-state index in [1.54, 1.807) is 0 Å². The topological polar surface area (TPSA) is 6.48 Å². The zero-order chi connectivity index (χ0) is 11.4. The van der Waals surface area contributed by atoms with Crippen LogP contribution in [0.3, 0.4) is 0 Å². The molecule has 94 valence electrons. The van der Waals surface area contributed by atoms with Crippen molar-refractivity contribution in [2.45, 2.75) is 49.9 Å². The minimum atomic E-state index is 0.401. The Bertz CT molecular complexity index is 210. The fourth-order valence-corrected chi connectivity index (χ4v) is 3.39. The van der Waals surface area contributed by atoms with Crippen molar-refractivity contribution in [1.82, 2.24) is 9.80 Å². The van der Waals surface area contributed by atoms with Gasteiger partial charge in [0.25, 0.3) is 0 Å². The fourth-order valence-electron chi connectivity index (χ4n) is 3.04. The fraction of sp³-hybridized carbons (Fsp3) is 1.00. The average Bonchev–Trinajstić information content (AvgIpc) is 2.28. The van der Waals surface area contributed by atoms with Gasteiger partial charge in [-0.05, 0) is 58.8 Å². The van der Waals surface area contributed by atoms with Crippen LogP contribution in [0.5, 0.6) is 0 Å². The van der Waals surface area contributed by atoms with Gasteiger partial charge in [-0.3, -0.25) is 0 Å². The van der Waals surface area contributed by atoms with Crippen molar-refractivity contribution >= 4 is 11.6 Å². The normalized spacial score (nSPS) is 34.1. The molecular weight excluding hydrogens is 220 g/mol. The summed E-state index contributed by atoms with van der Waals surface area (Å²) >= 11 is 6.21. The SMILES string of the molecule is CN1CCCCC1CCN1CCCC(Cl)C1. The Kier molecular flexibility index (Phi) is 4.93. The monoisotopic (exact) mass is 244 g/mol. The standard InChI is InChI=1S/C13H25ClN2/c1-15-8-3-2-6-13(15)7-10-16-9-4-5-12(14)11-16/h12-13H,2-11H2,1H3. The molecule has 2 fully saturated rings. The molecule has 3 heteroatoms. The highest BCUT2D eigenvalue weighted by molar-refractivity contribution is 6.20. The van der Waals surface area contributed by atoms with Gasteiger partial charge in [0.15, 0.2) is 0 Å². The van der Waals surface area contributed by atoms with Crippen molar-refractivity contribution in [1.29, 1.82) is 0 Å². The van der Waals surface area contributed by atoms with Crippen molar-refractivity contribution in [2.24, 2.45) is 0 Å². The maximum absolute atomic E-state index is 6.21. The van der Waals surface area contributed by atoms with E-state index in [1.165, 1.54) is 58.2 Å². The molecule has 0 aliphatic carbocycles. The second-order valence-corrected chi connectivity index (χ2v) is 6.08. The minimum absolute atomic E-state index is 0.401. The highest BCUT2D eigenvalue weighted by atomic mass is 35.5. The van der Waals surface area contributed by atoms with E-state index >= 15 is 0 Å². The van der Waals surface area contributed by atoms with E-state index in [4.69, 9.17) is 11.6 Å². The highest BCUT2D eigenvalue weighted by Crippen LogP contribution is 2.20. The summed E-state index contributed by atoms with van der Waals surface area (Å²) in [4.78, 5) is 5.11. The van der Waals surface area contributed by atoms with Crippen molar-refractivity contribution in [2.75, 3.05) is 33.2 Å². The molecule has 2 heterocycles. The molecule has 2 unspecified atom stereocenters. The van der Waals surface area contributed by atoms with E-state index in [1.807, 2.05) is 0 Å². The summed E-state index contributed by atoms with van der Waals surface area (Å²) in [7, 11) is 2.28. The molecule has 2 rings (SSSR count). The second-order valence-electron chi connectivity index (χ2n) is 5.46. The lowest BCUT2D eigenvalue weighted by atomic mass is 9.99. The summed E-state index contributed by atoms with van der Waals surface area (Å²) in [6.07, 6.45) is 8.04. The Labute approximate surface area is 105 Å². The minimum Gasteiger partial charge on any atom is -0.303 e. The highest BCUT2D eigenvalue weighted by Gasteiger charge is 2.22. The Hall–Kier alpha value is 0.210. The van der Waals surface area contributed by atoms with Crippen LogP contribution in [0.4, 0.5) is 0 Å². The van der Waals surface area contributed by atoms with Crippen LogP contribution in [-0.4, -0.2) is 54.4 Å². The first-order valence-electron chi connectivity index (χ1n) is 6.82. The first-order chi connectivity index (χ1) is 7.75. The summed E-state index contributed by atoms with van der Waals surface area (Å²) in [5.74, 6) is 0. The molecular formula is C13H25ClN2. The maximum Gasteiger partial charge on any atom is 0.0463 e. The van der Waals surface area contributed by atoms with Gasteiger partial charge in [0.05, 0.1) is 0 Å². The van der Waals surface area contributed by atoms with Gasteiger partial charge in [-0.2, -0.15) is 0 Å². The molecule has 16 heavy (non-hydrogen) atoms. The molecule has 2 aliphatic rings. The Morgan fingerprint density at radius 2 is 2.00 bits per heavy atom. The molecule has 2 saturated heterocycles. The van der Waals surface area contributed by atoms with E-state index in [9.17, 15) is 0 Å². The Balaban J connectivity index is 1.69. The number of halogens is 1. The molecule has 0 aromatic rings. The summed E-state index contributed by atoms with van der Waals surface area (Å²) in [6, 6.07) is 0.824. The summed E-state index contributed by atoms with van der Waals surface area (Å²) < 4.78 is 0. The van der Waals surface area contributed by atoms with Gasteiger partial charge in [-0.25, -0.2) is 0 Å². The number of nitrogens with zero attached hydrogens (tertiary/aromatic N) is 2. The van der Waals surface area contributed by atoms with Gasteiger partial charge in [-0.15, -0.1) is 11.6 Å². The molecule has 2 atom stereocenters. The summed E-state index contributed by atoms with van der Waals surface area (Å²) in [5.41, 5.74) is 0. The predicted molar refractivity (Wildman–Crippen MR) is 70.2 cm³/mol. The molecule has 0 amide bonds. The number of hydrogen-bond acceptors (Lipinski definition) is 2. The number of likely N-dealkylation sites (tertiary alicyclic amines) is 2. The maximum atomic E-state index is 6.21. The molecule has 0 N–H and O–H groups in total. The van der Waals surface area contributed by atoms with Gasteiger partial charge < -0.3 is 9.80 Å². The largest absolute Gasteiger partial charge is 0.303 e. The van der Waals surface area contributed by atoms with E-state index in [2.05, 4.69) is 16.8 Å². The lowest BCUT2D eigenvalue weighted by Gasteiger charge is -2.35. The van der Waals surface area contributed by atoms with E-state index in [0.29, 0.717) is 5.38 Å². The van der Waals surface area contributed by atoms with Crippen LogP contribution >= 0.6 is 11.6 Å². The van der Waals surface area contributed by atoms with Crippen molar-refractivity contribution in [3.8, 4) is 0 Å². The Morgan fingerprint density at radius 3 is 2.75 bits per heavy atom. The van der Waals surface area contributed by atoms with Crippen LogP contribution in [-0.2, 0) is 0 Å². The second kappa shape index (κ2) is 6.23.